The minimum atomic E-state index is -4.47. The maximum absolute atomic E-state index is 12.1. The van der Waals surface area contributed by atoms with Gasteiger partial charge in [-0.3, -0.25) is 4.79 Å². The fraction of sp³-hybridized carbons (Fsp3) is 0.800. The molecule has 1 aliphatic heterocycles. The minimum Gasteiger partial charge on any atom is -0.411 e. The Morgan fingerprint density at radius 1 is 1.59 bits per heavy atom. The quantitative estimate of drug-likeness (QED) is 0.604. The lowest BCUT2D eigenvalue weighted by atomic mass is 9.93. The van der Waals surface area contributed by atoms with Gasteiger partial charge >= 0.3 is 6.18 Å². The van der Waals surface area contributed by atoms with Gasteiger partial charge in [0.05, 0.1) is 5.71 Å². The number of likely N-dealkylation sites (tertiary alicyclic amines) is 1. The average molecular weight is 252 g/mol. The number of hydrogen-bond acceptors (Lipinski definition) is 3. The molecule has 0 aromatic heterocycles. The molecule has 0 aromatic carbocycles. The normalized spacial score (nSPS) is 24.1. The van der Waals surface area contributed by atoms with E-state index in [1.165, 1.54) is 4.90 Å². The van der Waals surface area contributed by atoms with Gasteiger partial charge in [-0.15, -0.1) is 0 Å². The van der Waals surface area contributed by atoms with Crippen molar-refractivity contribution in [3.05, 3.63) is 0 Å². The fourth-order valence-corrected chi connectivity index (χ4v) is 1.92. The minimum absolute atomic E-state index is 0.147. The molecule has 0 saturated carbocycles. The van der Waals surface area contributed by atoms with E-state index in [1.54, 1.807) is 0 Å². The molecule has 0 bridgehead atoms. The second-order valence-electron chi connectivity index (χ2n) is 4.08. The smallest absolute Gasteiger partial charge is 0.397 e. The van der Waals surface area contributed by atoms with E-state index >= 15 is 0 Å². The highest BCUT2D eigenvalue weighted by molar-refractivity contribution is 5.89. The lowest BCUT2D eigenvalue weighted by Gasteiger charge is -2.33. The standard InChI is InChI=1S/C10H15F3N2O2/c1-2-7-6-15(4-3-8(7)14-17)9(16)5-10(11,12)13/h7,17H,2-6H2,1H3. The monoisotopic (exact) mass is 252 g/mol. The molecule has 0 aromatic rings. The van der Waals surface area contributed by atoms with Gasteiger partial charge in [-0.2, -0.15) is 13.2 Å². The summed E-state index contributed by atoms with van der Waals surface area (Å²) in [6.07, 6.45) is -4.92. The number of carbonyl (C=O) groups is 1. The third-order valence-electron chi connectivity index (χ3n) is 2.88. The molecule has 98 valence electrons. The van der Waals surface area contributed by atoms with Crippen LogP contribution in [0.3, 0.4) is 0 Å². The Morgan fingerprint density at radius 3 is 2.71 bits per heavy atom. The number of nitrogens with zero attached hydrogens (tertiary/aromatic N) is 2. The van der Waals surface area contributed by atoms with Crippen molar-refractivity contribution in [2.75, 3.05) is 13.1 Å². The van der Waals surface area contributed by atoms with Gasteiger partial charge < -0.3 is 10.1 Å². The second kappa shape index (κ2) is 5.37. The summed E-state index contributed by atoms with van der Waals surface area (Å²) in [4.78, 5) is 12.6. The number of amides is 1. The number of rotatable bonds is 2. The van der Waals surface area contributed by atoms with Crippen molar-refractivity contribution < 1.29 is 23.2 Å². The molecule has 17 heavy (non-hydrogen) atoms. The number of alkyl halides is 3. The zero-order valence-corrected chi connectivity index (χ0v) is 9.50. The van der Waals surface area contributed by atoms with Gasteiger partial charge in [0.15, 0.2) is 0 Å². The van der Waals surface area contributed by atoms with E-state index in [-0.39, 0.29) is 19.0 Å². The van der Waals surface area contributed by atoms with Crippen molar-refractivity contribution in [1.29, 1.82) is 0 Å². The third kappa shape index (κ3) is 3.90. The average Bonchev–Trinajstić information content (AvgIpc) is 2.25. The van der Waals surface area contributed by atoms with Crippen LogP contribution in [0, 0.1) is 5.92 Å². The van der Waals surface area contributed by atoms with Crippen LogP contribution in [0.4, 0.5) is 13.2 Å². The number of oxime groups is 1. The Labute approximate surface area is 97.1 Å². The molecule has 1 heterocycles. The lowest BCUT2D eigenvalue weighted by molar-refractivity contribution is -0.161. The predicted octanol–water partition coefficient (Wildman–Crippen LogP) is 2.03. The largest absolute Gasteiger partial charge is 0.411 e. The molecule has 1 unspecified atom stereocenters. The number of halogens is 3. The molecular formula is C10H15F3N2O2. The van der Waals surface area contributed by atoms with E-state index in [0.717, 1.165) is 0 Å². The Bertz CT molecular complexity index is 315. The fourth-order valence-electron chi connectivity index (χ4n) is 1.92. The highest BCUT2D eigenvalue weighted by atomic mass is 19.4. The van der Waals surface area contributed by atoms with Crippen LogP contribution in [0.2, 0.25) is 0 Å². The Hall–Kier alpha value is -1.27. The first-order valence-electron chi connectivity index (χ1n) is 5.42. The second-order valence-corrected chi connectivity index (χ2v) is 4.08. The van der Waals surface area contributed by atoms with Crippen LogP contribution in [-0.4, -0.2) is 41.0 Å². The molecule has 1 rings (SSSR count). The van der Waals surface area contributed by atoms with Crippen molar-refractivity contribution in [3.8, 4) is 0 Å². The van der Waals surface area contributed by atoms with Gasteiger partial charge in [-0.25, -0.2) is 0 Å². The summed E-state index contributed by atoms with van der Waals surface area (Å²) in [6, 6.07) is 0. The Kier molecular flexibility index (Phi) is 4.36. The van der Waals surface area contributed by atoms with Crippen LogP contribution in [0.5, 0.6) is 0 Å². The Balaban J connectivity index is 2.61. The molecule has 1 fully saturated rings. The van der Waals surface area contributed by atoms with E-state index in [0.29, 0.717) is 18.6 Å². The molecule has 1 saturated heterocycles. The predicted molar refractivity (Wildman–Crippen MR) is 54.9 cm³/mol. The maximum atomic E-state index is 12.1. The van der Waals surface area contributed by atoms with Crippen molar-refractivity contribution >= 4 is 11.6 Å². The van der Waals surface area contributed by atoms with Crippen molar-refractivity contribution in [3.63, 3.8) is 0 Å². The molecule has 0 aliphatic carbocycles. The first-order chi connectivity index (χ1) is 7.87. The van der Waals surface area contributed by atoms with Crippen LogP contribution in [0.1, 0.15) is 26.2 Å². The summed E-state index contributed by atoms with van der Waals surface area (Å²) in [5.74, 6) is -1.06. The topological polar surface area (TPSA) is 52.9 Å². The van der Waals surface area contributed by atoms with Crippen LogP contribution >= 0.6 is 0 Å². The number of carbonyl (C=O) groups excluding carboxylic acids is 1. The summed E-state index contributed by atoms with van der Waals surface area (Å²) in [5.41, 5.74) is 0.559. The lowest BCUT2D eigenvalue weighted by Crippen LogP contribution is -2.45. The summed E-state index contributed by atoms with van der Waals surface area (Å²) in [7, 11) is 0. The van der Waals surface area contributed by atoms with E-state index in [4.69, 9.17) is 5.21 Å². The van der Waals surface area contributed by atoms with Gasteiger partial charge in [0.25, 0.3) is 0 Å². The van der Waals surface area contributed by atoms with Gasteiger partial charge in [-0.1, -0.05) is 12.1 Å². The van der Waals surface area contributed by atoms with Crippen molar-refractivity contribution in [1.82, 2.24) is 4.90 Å². The summed E-state index contributed by atoms with van der Waals surface area (Å²) in [6.45, 7) is 2.23. The third-order valence-corrected chi connectivity index (χ3v) is 2.88. The zero-order chi connectivity index (χ0) is 13.1. The molecule has 0 radical (unpaired) electrons. The van der Waals surface area contributed by atoms with E-state index in [1.807, 2.05) is 6.92 Å². The molecule has 0 spiro atoms. The molecule has 4 nitrogen and oxygen atoms in total. The summed E-state index contributed by atoms with van der Waals surface area (Å²) in [5, 5.41) is 11.8. The number of hydrogen-bond donors (Lipinski definition) is 1. The summed E-state index contributed by atoms with van der Waals surface area (Å²) < 4.78 is 36.2. The van der Waals surface area contributed by atoms with Crippen LogP contribution in [0.25, 0.3) is 0 Å². The molecule has 1 N–H and O–H groups in total. The van der Waals surface area contributed by atoms with Crippen LogP contribution in [-0.2, 0) is 4.79 Å². The van der Waals surface area contributed by atoms with Crippen LogP contribution in [0.15, 0.2) is 5.16 Å². The highest BCUT2D eigenvalue weighted by Crippen LogP contribution is 2.23. The van der Waals surface area contributed by atoms with E-state index < -0.39 is 18.5 Å². The molecule has 1 aliphatic rings. The van der Waals surface area contributed by atoms with Crippen molar-refractivity contribution in [2.24, 2.45) is 11.1 Å². The van der Waals surface area contributed by atoms with Gasteiger partial charge in [-0.05, 0) is 6.42 Å². The number of piperidine rings is 1. The van der Waals surface area contributed by atoms with E-state index in [2.05, 4.69) is 5.16 Å². The van der Waals surface area contributed by atoms with Gasteiger partial charge in [0, 0.05) is 25.4 Å². The molecular weight excluding hydrogens is 237 g/mol. The zero-order valence-electron chi connectivity index (χ0n) is 9.50. The molecule has 1 amide bonds. The van der Waals surface area contributed by atoms with E-state index in [9.17, 15) is 18.0 Å². The first-order valence-corrected chi connectivity index (χ1v) is 5.42. The highest BCUT2D eigenvalue weighted by Gasteiger charge is 2.35. The molecule has 1 atom stereocenters. The van der Waals surface area contributed by atoms with Gasteiger partial charge in [0.2, 0.25) is 5.91 Å². The molecule has 7 heteroatoms. The maximum Gasteiger partial charge on any atom is 0.397 e. The van der Waals surface area contributed by atoms with Gasteiger partial charge in [0.1, 0.15) is 6.42 Å². The SMILES string of the molecule is CCC1CN(C(=O)CC(F)(F)F)CCC1=NO. The first kappa shape index (κ1) is 13.8. The van der Waals surface area contributed by atoms with Crippen LogP contribution < -0.4 is 0 Å². The van der Waals surface area contributed by atoms with Crippen molar-refractivity contribution in [2.45, 2.75) is 32.4 Å². The summed E-state index contributed by atoms with van der Waals surface area (Å²) >= 11 is 0. The Morgan fingerprint density at radius 2 is 2.24 bits per heavy atom.